The molecule has 0 radical (unpaired) electrons. The van der Waals surface area contributed by atoms with Gasteiger partial charge in [0.1, 0.15) is 5.75 Å². The van der Waals surface area contributed by atoms with Crippen molar-refractivity contribution in [2.75, 3.05) is 19.0 Å². The molecule has 7 heteroatoms. The minimum Gasteiger partial charge on any atom is -0.493 e. The van der Waals surface area contributed by atoms with Gasteiger partial charge in [0.05, 0.1) is 11.5 Å². The van der Waals surface area contributed by atoms with Crippen LogP contribution in [0.5, 0.6) is 5.75 Å². The lowest BCUT2D eigenvalue weighted by molar-refractivity contribution is 0.102. The van der Waals surface area contributed by atoms with Gasteiger partial charge < -0.3 is 10.1 Å². The van der Waals surface area contributed by atoms with Gasteiger partial charge in [0.25, 0.3) is 5.91 Å². The molecule has 0 unspecified atom stereocenters. The second-order valence-electron chi connectivity index (χ2n) is 7.71. The Morgan fingerprint density at radius 2 is 1.79 bits per heavy atom. The molecule has 2 aliphatic rings. The number of sulfonamides is 1. The molecule has 4 rings (SSSR count). The predicted molar refractivity (Wildman–Crippen MR) is 112 cm³/mol. The fraction of sp³-hybridized carbons (Fsp3) is 0.409. The van der Waals surface area contributed by atoms with E-state index in [2.05, 4.69) is 5.32 Å². The Labute approximate surface area is 171 Å². The Morgan fingerprint density at radius 3 is 2.52 bits per heavy atom. The van der Waals surface area contributed by atoms with Crippen LogP contribution >= 0.6 is 0 Å². The summed E-state index contributed by atoms with van der Waals surface area (Å²) in [5.41, 5.74) is 2.20. The molecule has 29 heavy (non-hydrogen) atoms. The van der Waals surface area contributed by atoms with Crippen molar-refractivity contribution in [3.8, 4) is 5.75 Å². The topological polar surface area (TPSA) is 75.7 Å². The van der Waals surface area contributed by atoms with Crippen molar-refractivity contribution in [3.63, 3.8) is 0 Å². The lowest BCUT2D eigenvalue weighted by Gasteiger charge is -2.30. The van der Waals surface area contributed by atoms with Crippen LogP contribution in [0.25, 0.3) is 0 Å². The number of benzene rings is 2. The van der Waals surface area contributed by atoms with Gasteiger partial charge in [-0.05, 0) is 60.9 Å². The minimum absolute atomic E-state index is 0.0560. The number of hydrogen-bond donors (Lipinski definition) is 1. The molecule has 0 spiro atoms. The van der Waals surface area contributed by atoms with Gasteiger partial charge in [-0.25, -0.2) is 8.42 Å². The summed E-state index contributed by atoms with van der Waals surface area (Å²) in [5, 5.41) is 2.87. The highest BCUT2D eigenvalue weighted by atomic mass is 32.2. The Morgan fingerprint density at radius 1 is 1.07 bits per heavy atom. The first-order valence-electron chi connectivity index (χ1n) is 10.1. The van der Waals surface area contributed by atoms with Gasteiger partial charge in [-0.15, -0.1) is 0 Å². The van der Waals surface area contributed by atoms with Gasteiger partial charge in [-0.3, -0.25) is 4.79 Å². The molecule has 1 fully saturated rings. The van der Waals surface area contributed by atoms with Crippen LogP contribution in [0.15, 0.2) is 47.4 Å². The molecular formula is C22H26N2O4S. The summed E-state index contributed by atoms with van der Waals surface area (Å²) >= 11 is 0. The van der Waals surface area contributed by atoms with Gasteiger partial charge in [0, 0.05) is 30.8 Å². The molecule has 0 bridgehead atoms. The highest BCUT2D eigenvalue weighted by Crippen LogP contribution is 2.29. The van der Waals surface area contributed by atoms with E-state index >= 15 is 0 Å². The molecule has 154 valence electrons. The number of carbonyl (C=O) groups excluding carboxylic acids is 1. The Kier molecular flexibility index (Phi) is 5.61. The van der Waals surface area contributed by atoms with E-state index in [1.54, 1.807) is 25.2 Å². The average Bonchev–Trinajstić information content (AvgIpc) is 3.22. The summed E-state index contributed by atoms with van der Waals surface area (Å²) in [6, 6.07) is 11.8. The first-order chi connectivity index (χ1) is 13.9. The van der Waals surface area contributed by atoms with Crippen molar-refractivity contribution >= 4 is 21.6 Å². The summed E-state index contributed by atoms with van der Waals surface area (Å²) in [4.78, 5) is 12.8. The van der Waals surface area contributed by atoms with Crippen LogP contribution in [0.1, 0.15) is 48.0 Å². The van der Waals surface area contributed by atoms with E-state index in [-0.39, 0.29) is 16.8 Å². The predicted octanol–water partition coefficient (Wildman–Crippen LogP) is 3.83. The van der Waals surface area contributed by atoms with Gasteiger partial charge in [0.15, 0.2) is 0 Å². The smallest absolute Gasteiger partial charge is 0.255 e. The fourth-order valence-electron chi connectivity index (χ4n) is 4.05. The number of nitrogens with one attached hydrogen (secondary N) is 1. The number of anilines is 1. The molecule has 0 saturated heterocycles. The molecule has 1 aliphatic heterocycles. The molecule has 1 aliphatic carbocycles. The number of carbonyl (C=O) groups is 1. The zero-order valence-corrected chi connectivity index (χ0v) is 17.4. The average molecular weight is 415 g/mol. The normalized spacial score (nSPS) is 17.0. The van der Waals surface area contributed by atoms with E-state index in [1.807, 2.05) is 12.1 Å². The van der Waals surface area contributed by atoms with Crippen molar-refractivity contribution in [1.29, 1.82) is 0 Å². The van der Waals surface area contributed by atoms with Gasteiger partial charge in [-0.1, -0.05) is 19.3 Å². The largest absolute Gasteiger partial charge is 0.493 e. The van der Waals surface area contributed by atoms with Gasteiger partial charge >= 0.3 is 0 Å². The first kappa shape index (κ1) is 19.9. The zero-order chi connectivity index (χ0) is 20.4. The van der Waals surface area contributed by atoms with Crippen molar-refractivity contribution in [3.05, 3.63) is 53.6 Å². The number of rotatable bonds is 5. The van der Waals surface area contributed by atoms with Crippen molar-refractivity contribution in [2.45, 2.75) is 49.5 Å². The van der Waals surface area contributed by atoms with Crippen LogP contribution in [-0.4, -0.2) is 38.3 Å². The number of ether oxygens (including phenoxy) is 1. The van der Waals surface area contributed by atoms with E-state index < -0.39 is 10.0 Å². The maximum Gasteiger partial charge on any atom is 0.255 e. The third-order valence-electron chi connectivity index (χ3n) is 5.83. The lowest BCUT2D eigenvalue weighted by atomic mass is 9.96. The number of fused-ring (bicyclic) bond motifs is 1. The third kappa shape index (κ3) is 4.16. The fourth-order valence-corrected chi connectivity index (χ4v) is 5.47. The maximum absolute atomic E-state index is 12.9. The molecule has 2 aromatic rings. The molecule has 2 aromatic carbocycles. The number of nitrogens with zero attached hydrogens (tertiary/aromatic N) is 1. The van der Waals surface area contributed by atoms with Crippen LogP contribution in [0.2, 0.25) is 0 Å². The van der Waals surface area contributed by atoms with Gasteiger partial charge in [-0.2, -0.15) is 4.31 Å². The minimum atomic E-state index is -3.56. The standard InChI is InChI=1S/C22H26N2O4S/c1-24(19-5-3-2-4-6-19)29(26,27)20-10-7-16(8-11-20)22(25)23-18-9-12-21-17(15-18)13-14-28-21/h7-12,15,19H,2-6,13-14H2,1H3,(H,23,25). The summed E-state index contributed by atoms with van der Waals surface area (Å²) in [6.07, 6.45) is 5.95. The van der Waals surface area contributed by atoms with Crippen molar-refractivity contribution in [2.24, 2.45) is 0 Å². The van der Waals surface area contributed by atoms with Crippen LogP contribution in [-0.2, 0) is 16.4 Å². The number of amides is 1. The van der Waals surface area contributed by atoms with Crippen LogP contribution in [0.3, 0.4) is 0 Å². The maximum atomic E-state index is 12.9. The van der Waals surface area contributed by atoms with E-state index in [4.69, 9.17) is 4.74 Å². The molecule has 0 aromatic heterocycles. The zero-order valence-electron chi connectivity index (χ0n) is 16.6. The highest BCUT2D eigenvalue weighted by molar-refractivity contribution is 7.89. The quantitative estimate of drug-likeness (QED) is 0.807. The molecular weight excluding hydrogens is 388 g/mol. The molecule has 1 heterocycles. The van der Waals surface area contributed by atoms with E-state index in [0.717, 1.165) is 43.4 Å². The monoisotopic (exact) mass is 414 g/mol. The SMILES string of the molecule is CN(C1CCCCC1)S(=O)(=O)c1ccc(C(=O)Nc2ccc3c(c2)CCO3)cc1. The van der Waals surface area contributed by atoms with Crippen LogP contribution < -0.4 is 10.1 Å². The first-order valence-corrected chi connectivity index (χ1v) is 11.5. The second-order valence-corrected chi connectivity index (χ2v) is 9.71. The van der Waals surface area contributed by atoms with Crippen LogP contribution in [0.4, 0.5) is 5.69 Å². The third-order valence-corrected chi connectivity index (χ3v) is 7.75. The molecule has 1 saturated carbocycles. The van der Waals surface area contributed by atoms with Crippen molar-refractivity contribution < 1.29 is 17.9 Å². The van der Waals surface area contributed by atoms with E-state index in [0.29, 0.717) is 17.9 Å². The Bertz CT molecular complexity index is 996. The Balaban J connectivity index is 1.46. The summed E-state index contributed by atoms with van der Waals surface area (Å²) < 4.78 is 32.8. The molecule has 0 atom stereocenters. The summed E-state index contributed by atoms with van der Waals surface area (Å²) in [5.74, 6) is 0.591. The summed E-state index contributed by atoms with van der Waals surface area (Å²) in [7, 11) is -1.90. The summed E-state index contributed by atoms with van der Waals surface area (Å²) in [6.45, 7) is 0.665. The van der Waals surface area contributed by atoms with E-state index in [1.165, 1.54) is 22.9 Å². The van der Waals surface area contributed by atoms with Crippen molar-refractivity contribution in [1.82, 2.24) is 4.31 Å². The Hall–Kier alpha value is -2.38. The van der Waals surface area contributed by atoms with Crippen LogP contribution in [0, 0.1) is 0 Å². The lowest BCUT2D eigenvalue weighted by Crippen LogP contribution is -2.38. The highest BCUT2D eigenvalue weighted by Gasteiger charge is 2.29. The van der Waals surface area contributed by atoms with E-state index in [9.17, 15) is 13.2 Å². The molecule has 6 nitrogen and oxygen atoms in total. The second kappa shape index (κ2) is 8.16. The molecule has 1 amide bonds. The molecule has 1 N–H and O–H groups in total. The number of hydrogen-bond acceptors (Lipinski definition) is 4. The van der Waals surface area contributed by atoms with Gasteiger partial charge in [0.2, 0.25) is 10.0 Å².